The molecule has 4 rings (SSSR count). The van der Waals surface area contributed by atoms with Crippen LogP contribution in [0.5, 0.6) is 0 Å². The molecule has 158 valence electrons. The number of fused-ring (bicyclic) bond motifs is 1. The molecule has 8 heteroatoms. The van der Waals surface area contributed by atoms with Gasteiger partial charge in [-0.25, -0.2) is 9.97 Å². The summed E-state index contributed by atoms with van der Waals surface area (Å²) in [5.41, 5.74) is 9.79. The Morgan fingerprint density at radius 1 is 1.26 bits per heavy atom. The second-order valence-corrected chi connectivity index (χ2v) is 7.64. The molecular weight excluding hydrogens is 390 g/mol. The lowest BCUT2D eigenvalue weighted by Gasteiger charge is -2.23. The highest BCUT2D eigenvalue weighted by Crippen LogP contribution is 2.23. The van der Waals surface area contributed by atoms with E-state index in [1.54, 1.807) is 6.08 Å². The van der Waals surface area contributed by atoms with Crippen LogP contribution in [-0.4, -0.2) is 34.2 Å². The molecule has 0 radical (unpaired) electrons. The van der Waals surface area contributed by atoms with Crippen LogP contribution in [0.1, 0.15) is 22.5 Å². The lowest BCUT2D eigenvalue weighted by molar-refractivity contribution is -0.122. The normalized spacial score (nSPS) is 17.3. The molecule has 1 amide bonds. The maximum atomic E-state index is 11.8. The number of nitrogens with zero attached hydrogens (tertiary/aromatic N) is 2. The van der Waals surface area contributed by atoms with Crippen LogP contribution in [0.4, 0.5) is 5.82 Å². The zero-order valence-corrected chi connectivity index (χ0v) is 17.5. The van der Waals surface area contributed by atoms with E-state index in [4.69, 9.17) is 11.1 Å². The van der Waals surface area contributed by atoms with Gasteiger partial charge in [-0.15, -0.1) is 0 Å². The number of allylic oxidation sites excluding steroid dienone is 1. The molecule has 0 aliphatic carbocycles. The lowest BCUT2D eigenvalue weighted by atomic mass is 10.1. The largest absolute Gasteiger partial charge is 0.369 e. The number of rotatable bonds is 5. The fourth-order valence-electron chi connectivity index (χ4n) is 3.45. The summed E-state index contributed by atoms with van der Waals surface area (Å²) in [6.07, 6.45) is 1.58. The van der Waals surface area contributed by atoms with Gasteiger partial charge in [0.05, 0.1) is 11.2 Å². The molecule has 1 aliphatic heterocycles. The van der Waals surface area contributed by atoms with Crippen molar-refractivity contribution in [1.29, 1.82) is 5.41 Å². The molecule has 0 bridgehead atoms. The summed E-state index contributed by atoms with van der Waals surface area (Å²) in [4.78, 5) is 20.9. The van der Waals surface area contributed by atoms with Crippen LogP contribution in [0, 0.1) is 19.3 Å². The van der Waals surface area contributed by atoms with Crippen molar-refractivity contribution in [2.24, 2.45) is 5.73 Å². The standard InChI is InChI=1S/C23H25N7O/c1-13-4-3-5-15(8-13)11-27-22-17-9-16(6-7-20(17)28-14(2)29-22)18(24)10-21-26-12-19(25)23(31)30-21/h3-10,19,24,26H,11-12,25H2,1-2H3,(H,30,31)(H,27,28,29)/b21-10+,24-18?. The van der Waals surface area contributed by atoms with Crippen LogP contribution in [0.25, 0.3) is 10.9 Å². The van der Waals surface area contributed by atoms with Gasteiger partial charge >= 0.3 is 0 Å². The Kier molecular flexibility index (Phi) is 5.64. The van der Waals surface area contributed by atoms with E-state index in [1.807, 2.05) is 31.2 Å². The maximum absolute atomic E-state index is 11.8. The van der Waals surface area contributed by atoms with Crippen LogP contribution in [0.15, 0.2) is 54.4 Å². The minimum atomic E-state index is -0.588. The van der Waals surface area contributed by atoms with Crippen molar-refractivity contribution in [3.05, 3.63) is 76.9 Å². The molecule has 1 fully saturated rings. The second kappa shape index (κ2) is 8.53. The van der Waals surface area contributed by atoms with E-state index in [9.17, 15) is 4.79 Å². The highest BCUT2D eigenvalue weighted by Gasteiger charge is 2.20. The van der Waals surface area contributed by atoms with Gasteiger partial charge in [0.1, 0.15) is 23.5 Å². The van der Waals surface area contributed by atoms with Gasteiger partial charge < -0.3 is 27.1 Å². The third-order valence-corrected chi connectivity index (χ3v) is 5.06. The zero-order chi connectivity index (χ0) is 22.0. The van der Waals surface area contributed by atoms with Gasteiger partial charge in [-0.2, -0.15) is 0 Å². The number of nitrogens with two attached hydrogens (primary N) is 1. The van der Waals surface area contributed by atoms with E-state index in [0.717, 1.165) is 22.3 Å². The van der Waals surface area contributed by atoms with Crippen LogP contribution in [-0.2, 0) is 11.3 Å². The van der Waals surface area contributed by atoms with Gasteiger partial charge in [-0.05, 0) is 31.5 Å². The van der Waals surface area contributed by atoms with Gasteiger partial charge in [0.2, 0.25) is 5.91 Å². The Hall–Kier alpha value is -3.78. The number of amides is 1. The molecule has 1 unspecified atom stereocenters. The molecule has 1 aromatic heterocycles. The number of nitrogens with one attached hydrogen (secondary N) is 4. The Bertz CT molecular complexity index is 1200. The number of carbonyl (C=O) groups excluding carboxylic acids is 1. The van der Waals surface area contributed by atoms with E-state index in [2.05, 4.69) is 51.0 Å². The van der Waals surface area contributed by atoms with Crippen molar-refractivity contribution in [3.63, 3.8) is 0 Å². The Morgan fingerprint density at radius 2 is 2.10 bits per heavy atom. The molecule has 1 saturated heterocycles. The monoisotopic (exact) mass is 415 g/mol. The fraction of sp³-hybridized carbons (Fsp3) is 0.217. The molecule has 31 heavy (non-hydrogen) atoms. The van der Waals surface area contributed by atoms with Crippen LogP contribution in [0.3, 0.4) is 0 Å². The SMILES string of the molecule is Cc1cccc(CNc2nc(C)nc3ccc(C(=N)/C=C4\NCC(N)C(=O)N4)cc23)c1. The summed E-state index contributed by atoms with van der Waals surface area (Å²) in [5.74, 6) is 1.61. The first kappa shape index (κ1) is 20.5. The molecule has 0 spiro atoms. The molecule has 8 nitrogen and oxygen atoms in total. The highest BCUT2D eigenvalue weighted by atomic mass is 16.2. The molecular formula is C23H25N7O. The van der Waals surface area contributed by atoms with Gasteiger partial charge in [-0.3, -0.25) is 4.79 Å². The summed E-state index contributed by atoms with van der Waals surface area (Å²) < 4.78 is 0. The zero-order valence-electron chi connectivity index (χ0n) is 17.5. The van der Waals surface area contributed by atoms with Gasteiger partial charge in [0.15, 0.2) is 0 Å². The predicted octanol–water partition coefficient (Wildman–Crippen LogP) is 2.11. The van der Waals surface area contributed by atoms with Crippen molar-refractivity contribution in [2.45, 2.75) is 26.4 Å². The maximum Gasteiger partial charge on any atom is 0.244 e. The molecule has 1 atom stereocenters. The predicted molar refractivity (Wildman–Crippen MR) is 122 cm³/mol. The minimum Gasteiger partial charge on any atom is -0.369 e. The third-order valence-electron chi connectivity index (χ3n) is 5.06. The average molecular weight is 416 g/mol. The quantitative estimate of drug-likeness (QED) is 0.406. The molecule has 1 aliphatic rings. The van der Waals surface area contributed by atoms with Crippen LogP contribution >= 0.6 is 0 Å². The molecule has 3 aromatic rings. The van der Waals surface area contributed by atoms with E-state index >= 15 is 0 Å². The van der Waals surface area contributed by atoms with E-state index < -0.39 is 6.04 Å². The summed E-state index contributed by atoms with van der Waals surface area (Å²) in [6.45, 7) is 4.90. The highest BCUT2D eigenvalue weighted by molar-refractivity contribution is 6.09. The van der Waals surface area contributed by atoms with Crippen molar-refractivity contribution < 1.29 is 4.79 Å². The van der Waals surface area contributed by atoms with E-state index in [0.29, 0.717) is 30.3 Å². The Balaban J connectivity index is 1.61. The van der Waals surface area contributed by atoms with E-state index in [1.165, 1.54) is 5.56 Å². The summed E-state index contributed by atoms with van der Waals surface area (Å²) in [6, 6.07) is 13.3. The number of hydrogen-bond acceptors (Lipinski definition) is 7. The van der Waals surface area contributed by atoms with E-state index in [-0.39, 0.29) is 11.6 Å². The van der Waals surface area contributed by atoms with Crippen LogP contribution < -0.4 is 21.7 Å². The summed E-state index contributed by atoms with van der Waals surface area (Å²) >= 11 is 0. The first-order valence-electron chi connectivity index (χ1n) is 10.1. The molecule has 2 aromatic carbocycles. The van der Waals surface area contributed by atoms with Crippen molar-refractivity contribution in [3.8, 4) is 0 Å². The summed E-state index contributed by atoms with van der Waals surface area (Å²) in [5, 5.41) is 18.4. The first-order valence-corrected chi connectivity index (χ1v) is 10.1. The van der Waals surface area contributed by atoms with Gasteiger partial charge in [0, 0.05) is 30.1 Å². The smallest absolute Gasteiger partial charge is 0.244 e. The molecule has 6 N–H and O–H groups in total. The molecule has 2 heterocycles. The van der Waals surface area contributed by atoms with Crippen molar-refractivity contribution in [2.75, 3.05) is 11.9 Å². The number of aromatic nitrogens is 2. The number of benzene rings is 2. The number of aryl methyl sites for hydroxylation is 2. The number of anilines is 1. The van der Waals surface area contributed by atoms with Crippen LogP contribution in [0.2, 0.25) is 0 Å². The Morgan fingerprint density at radius 3 is 2.87 bits per heavy atom. The second-order valence-electron chi connectivity index (χ2n) is 7.64. The third kappa shape index (κ3) is 4.70. The first-order chi connectivity index (χ1) is 14.9. The topological polar surface area (TPSA) is 129 Å². The molecule has 0 saturated carbocycles. The lowest BCUT2D eigenvalue weighted by Crippen LogP contribution is -2.54. The number of carbonyl (C=O) groups is 1. The minimum absolute atomic E-state index is 0.255. The Labute approximate surface area is 180 Å². The summed E-state index contributed by atoms with van der Waals surface area (Å²) in [7, 11) is 0. The van der Waals surface area contributed by atoms with Crippen molar-refractivity contribution in [1.82, 2.24) is 20.6 Å². The van der Waals surface area contributed by atoms with Gasteiger partial charge in [-0.1, -0.05) is 35.9 Å². The fourth-order valence-corrected chi connectivity index (χ4v) is 3.45. The average Bonchev–Trinajstić information content (AvgIpc) is 2.74. The van der Waals surface area contributed by atoms with Crippen molar-refractivity contribution >= 4 is 28.3 Å². The number of hydrogen-bond donors (Lipinski definition) is 5. The van der Waals surface area contributed by atoms with Gasteiger partial charge in [0.25, 0.3) is 0 Å².